The number of amides is 1. The predicted octanol–water partition coefficient (Wildman–Crippen LogP) is 3.21. The average molecular weight is 405 g/mol. The molecule has 9 heteroatoms. The molecule has 0 saturated heterocycles. The smallest absolute Gasteiger partial charge is 0.243 e. The first kappa shape index (κ1) is 19.8. The maximum Gasteiger partial charge on any atom is 0.243 e. The Kier molecular flexibility index (Phi) is 6.56. The summed E-state index contributed by atoms with van der Waals surface area (Å²) in [5, 5.41) is 0. The Balaban J connectivity index is 2.07. The lowest BCUT2D eigenvalue weighted by atomic mass is 10.4. The van der Waals surface area contributed by atoms with E-state index in [4.69, 9.17) is 11.6 Å². The minimum absolute atomic E-state index is 0.0581. The van der Waals surface area contributed by atoms with Gasteiger partial charge in [0.2, 0.25) is 15.9 Å². The number of thiophene rings is 1. The molecule has 1 aromatic heterocycles. The number of carbonyl (C=O) groups excluding carboxylic acids is 1. The molecule has 0 fully saturated rings. The van der Waals surface area contributed by atoms with Crippen LogP contribution in [0, 0.1) is 5.82 Å². The molecule has 0 aliphatic heterocycles. The van der Waals surface area contributed by atoms with E-state index >= 15 is 0 Å². The van der Waals surface area contributed by atoms with Crippen molar-refractivity contribution in [1.82, 2.24) is 9.21 Å². The third-order valence-corrected chi connectivity index (χ3v) is 6.62. The third-order valence-electron chi connectivity index (χ3n) is 3.59. The summed E-state index contributed by atoms with van der Waals surface area (Å²) < 4.78 is 39.5. The fourth-order valence-corrected chi connectivity index (χ4v) is 4.39. The number of benzene rings is 1. The van der Waals surface area contributed by atoms with E-state index in [0.29, 0.717) is 17.4 Å². The zero-order chi connectivity index (χ0) is 18.6. The molecule has 0 bridgehead atoms. The van der Waals surface area contributed by atoms with Crippen LogP contribution in [0.4, 0.5) is 4.39 Å². The van der Waals surface area contributed by atoms with Crippen LogP contribution in [-0.2, 0) is 21.4 Å². The van der Waals surface area contributed by atoms with Crippen LogP contribution >= 0.6 is 22.9 Å². The molecule has 0 atom stereocenters. The van der Waals surface area contributed by atoms with Gasteiger partial charge in [-0.1, -0.05) is 11.6 Å². The van der Waals surface area contributed by atoms with Gasteiger partial charge in [0.1, 0.15) is 5.82 Å². The highest BCUT2D eigenvalue weighted by atomic mass is 35.5. The molecule has 136 valence electrons. The van der Waals surface area contributed by atoms with Crippen LogP contribution in [0.25, 0.3) is 0 Å². The fraction of sp³-hybridized carbons (Fsp3) is 0.312. The molecule has 1 aromatic carbocycles. The molecule has 0 aliphatic rings. The lowest BCUT2D eigenvalue weighted by Crippen LogP contribution is -2.40. The first-order chi connectivity index (χ1) is 11.7. The average Bonchev–Trinajstić information content (AvgIpc) is 2.97. The molecule has 0 N–H and O–H groups in total. The van der Waals surface area contributed by atoms with Crippen LogP contribution in [0.15, 0.2) is 41.3 Å². The van der Waals surface area contributed by atoms with Gasteiger partial charge in [0.15, 0.2) is 0 Å². The number of likely N-dealkylation sites (N-methyl/N-ethyl adjacent to an activating group) is 2. The molecule has 0 spiro atoms. The molecule has 1 amide bonds. The SMILES string of the molecule is CCN(Cc1ccc(Cl)s1)C(=O)CN(C)S(=O)(=O)c1ccc(F)cc1. The zero-order valence-electron chi connectivity index (χ0n) is 13.8. The molecule has 0 radical (unpaired) electrons. The van der Waals surface area contributed by atoms with Gasteiger partial charge >= 0.3 is 0 Å². The van der Waals surface area contributed by atoms with E-state index < -0.39 is 15.8 Å². The predicted molar refractivity (Wildman–Crippen MR) is 96.6 cm³/mol. The van der Waals surface area contributed by atoms with Crippen molar-refractivity contribution in [3.63, 3.8) is 0 Å². The van der Waals surface area contributed by atoms with Crippen molar-refractivity contribution in [3.8, 4) is 0 Å². The minimum atomic E-state index is -3.86. The second kappa shape index (κ2) is 8.27. The molecule has 0 saturated carbocycles. The van der Waals surface area contributed by atoms with Gasteiger partial charge in [0, 0.05) is 18.5 Å². The fourth-order valence-electron chi connectivity index (χ4n) is 2.16. The van der Waals surface area contributed by atoms with Crippen LogP contribution in [-0.4, -0.2) is 43.7 Å². The van der Waals surface area contributed by atoms with E-state index in [0.717, 1.165) is 21.3 Å². The van der Waals surface area contributed by atoms with Crippen molar-refractivity contribution < 1.29 is 17.6 Å². The molecule has 25 heavy (non-hydrogen) atoms. The largest absolute Gasteiger partial charge is 0.337 e. The second-order valence-corrected chi connectivity index (χ2v) is 9.17. The van der Waals surface area contributed by atoms with Crippen LogP contribution in [0.1, 0.15) is 11.8 Å². The van der Waals surface area contributed by atoms with E-state index in [1.54, 1.807) is 11.0 Å². The zero-order valence-corrected chi connectivity index (χ0v) is 16.2. The lowest BCUT2D eigenvalue weighted by molar-refractivity contribution is -0.131. The number of carbonyl (C=O) groups is 1. The number of nitrogens with zero attached hydrogens (tertiary/aromatic N) is 2. The second-order valence-electron chi connectivity index (χ2n) is 5.33. The molecule has 0 aliphatic carbocycles. The highest BCUT2D eigenvalue weighted by molar-refractivity contribution is 7.89. The van der Waals surface area contributed by atoms with Crippen LogP contribution in [0.5, 0.6) is 0 Å². The summed E-state index contributed by atoms with van der Waals surface area (Å²) in [4.78, 5) is 14.9. The Hall–Kier alpha value is -1.48. The highest BCUT2D eigenvalue weighted by Gasteiger charge is 2.25. The Morgan fingerprint density at radius 3 is 2.36 bits per heavy atom. The summed E-state index contributed by atoms with van der Waals surface area (Å²) in [6.45, 7) is 2.34. The Morgan fingerprint density at radius 2 is 1.84 bits per heavy atom. The number of sulfonamides is 1. The van der Waals surface area contributed by atoms with E-state index in [1.165, 1.54) is 30.5 Å². The number of hydrogen-bond donors (Lipinski definition) is 0. The quantitative estimate of drug-likeness (QED) is 0.712. The van der Waals surface area contributed by atoms with Crippen LogP contribution in [0.2, 0.25) is 4.34 Å². The normalized spacial score (nSPS) is 11.7. The number of hydrogen-bond acceptors (Lipinski definition) is 4. The molecule has 0 unspecified atom stereocenters. The van der Waals surface area contributed by atoms with Gasteiger partial charge < -0.3 is 4.90 Å². The first-order valence-electron chi connectivity index (χ1n) is 7.48. The number of rotatable bonds is 7. The Labute approximate surface area is 155 Å². The summed E-state index contributed by atoms with van der Waals surface area (Å²) in [6, 6.07) is 8.09. The molecule has 2 aromatic rings. The van der Waals surface area contributed by atoms with Gasteiger partial charge in [-0.05, 0) is 43.3 Å². The summed E-state index contributed by atoms with van der Waals surface area (Å²) >= 11 is 7.27. The van der Waals surface area contributed by atoms with E-state index in [2.05, 4.69) is 0 Å². The Morgan fingerprint density at radius 1 is 1.20 bits per heavy atom. The van der Waals surface area contributed by atoms with Crippen molar-refractivity contribution in [2.24, 2.45) is 0 Å². The number of halogens is 2. The van der Waals surface area contributed by atoms with Crippen molar-refractivity contribution in [2.45, 2.75) is 18.4 Å². The molecular formula is C16H18ClFN2O3S2. The highest BCUT2D eigenvalue weighted by Crippen LogP contribution is 2.23. The van der Waals surface area contributed by atoms with Gasteiger partial charge in [-0.2, -0.15) is 4.31 Å². The summed E-state index contributed by atoms with van der Waals surface area (Å²) in [7, 11) is -2.53. The first-order valence-corrected chi connectivity index (χ1v) is 10.1. The monoisotopic (exact) mass is 404 g/mol. The van der Waals surface area contributed by atoms with E-state index in [9.17, 15) is 17.6 Å². The van der Waals surface area contributed by atoms with Crippen molar-refractivity contribution in [2.75, 3.05) is 20.1 Å². The van der Waals surface area contributed by atoms with E-state index in [-0.39, 0.29) is 17.3 Å². The third kappa shape index (κ3) is 5.01. The van der Waals surface area contributed by atoms with E-state index in [1.807, 2.05) is 13.0 Å². The Bertz CT molecular complexity index is 837. The van der Waals surface area contributed by atoms with Gasteiger partial charge in [-0.3, -0.25) is 4.79 Å². The summed E-state index contributed by atoms with van der Waals surface area (Å²) in [5.41, 5.74) is 0. The van der Waals surface area contributed by atoms with Gasteiger partial charge in [-0.25, -0.2) is 12.8 Å². The molecule has 2 rings (SSSR count). The lowest BCUT2D eigenvalue weighted by Gasteiger charge is -2.23. The maximum atomic E-state index is 13.0. The molecule has 5 nitrogen and oxygen atoms in total. The minimum Gasteiger partial charge on any atom is -0.337 e. The van der Waals surface area contributed by atoms with Crippen molar-refractivity contribution in [1.29, 1.82) is 0 Å². The van der Waals surface area contributed by atoms with Crippen molar-refractivity contribution in [3.05, 3.63) is 51.4 Å². The summed E-state index contributed by atoms with van der Waals surface area (Å²) in [6.07, 6.45) is 0. The maximum absolute atomic E-state index is 13.0. The van der Waals surface area contributed by atoms with Crippen LogP contribution < -0.4 is 0 Å². The van der Waals surface area contributed by atoms with Crippen LogP contribution in [0.3, 0.4) is 0 Å². The molecular weight excluding hydrogens is 387 g/mol. The topological polar surface area (TPSA) is 57.7 Å². The van der Waals surface area contributed by atoms with Crippen molar-refractivity contribution >= 4 is 38.9 Å². The van der Waals surface area contributed by atoms with Gasteiger partial charge in [0.25, 0.3) is 0 Å². The molecule has 1 heterocycles. The standard InChI is InChI=1S/C16H18ClFN2O3S2/c1-3-20(10-13-6-9-15(17)24-13)16(21)11-19(2)25(22,23)14-7-4-12(18)5-8-14/h4-9H,3,10-11H2,1-2H3. The van der Waals surface area contributed by atoms with Gasteiger partial charge in [0.05, 0.1) is 22.3 Å². The summed E-state index contributed by atoms with van der Waals surface area (Å²) in [5.74, 6) is -0.843. The van der Waals surface area contributed by atoms with Gasteiger partial charge in [-0.15, -0.1) is 11.3 Å².